The standard InChI is InChI=1S/C14H13ClN2O.ClH/c1-10-2-8-13(9-3-10)17(16)14(18)11-4-6-12(15)7-5-11;/h2-9H,16H2,1H3;1H. The maximum atomic E-state index is 12.1. The smallest absolute Gasteiger partial charge is 0.267 e. The van der Waals surface area contributed by atoms with Crippen LogP contribution in [0.25, 0.3) is 0 Å². The third kappa shape index (κ3) is 3.70. The average Bonchev–Trinajstić information content (AvgIpc) is 2.39. The van der Waals surface area contributed by atoms with Crippen LogP contribution < -0.4 is 10.9 Å². The van der Waals surface area contributed by atoms with Gasteiger partial charge >= 0.3 is 0 Å². The summed E-state index contributed by atoms with van der Waals surface area (Å²) in [6.07, 6.45) is 0. The highest BCUT2D eigenvalue weighted by molar-refractivity contribution is 6.30. The van der Waals surface area contributed by atoms with Crippen molar-refractivity contribution in [3.8, 4) is 0 Å². The van der Waals surface area contributed by atoms with E-state index in [1.807, 2.05) is 31.2 Å². The zero-order valence-corrected chi connectivity index (χ0v) is 11.9. The number of hydrogen-bond acceptors (Lipinski definition) is 2. The Balaban J connectivity index is 0.00000180. The molecular formula is C14H14Cl2N2O. The van der Waals surface area contributed by atoms with Crippen LogP contribution in [0.1, 0.15) is 15.9 Å². The molecule has 0 spiro atoms. The minimum atomic E-state index is -0.268. The number of nitrogens with zero attached hydrogens (tertiary/aromatic N) is 1. The largest absolute Gasteiger partial charge is 0.272 e. The van der Waals surface area contributed by atoms with Crippen LogP contribution in [0.15, 0.2) is 48.5 Å². The summed E-state index contributed by atoms with van der Waals surface area (Å²) in [4.78, 5) is 12.1. The topological polar surface area (TPSA) is 46.3 Å². The molecule has 0 saturated carbocycles. The predicted molar refractivity (Wildman–Crippen MR) is 80.9 cm³/mol. The van der Waals surface area contributed by atoms with Gasteiger partial charge < -0.3 is 0 Å². The van der Waals surface area contributed by atoms with Gasteiger partial charge in [0.2, 0.25) is 0 Å². The van der Waals surface area contributed by atoms with Crippen LogP contribution in [0.3, 0.4) is 0 Å². The van der Waals surface area contributed by atoms with Gasteiger partial charge in [-0.2, -0.15) is 0 Å². The maximum Gasteiger partial charge on any atom is 0.272 e. The van der Waals surface area contributed by atoms with Crippen LogP contribution in [-0.4, -0.2) is 5.91 Å². The van der Waals surface area contributed by atoms with Crippen molar-refractivity contribution >= 4 is 35.6 Å². The van der Waals surface area contributed by atoms with E-state index in [1.165, 1.54) is 0 Å². The second-order valence-corrected chi connectivity index (χ2v) is 4.45. The van der Waals surface area contributed by atoms with Gasteiger partial charge in [-0.05, 0) is 43.3 Å². The Morgan fingerprint density at radius 3 is 2.11 bits per heavy atom. The van der Waals surface area contributed by atoms with Crippen LogP contribution in [0.5, 0.6) is 0 Å². The van der Waals surface area contributed by atoms with Crippen molar-refractivity contribution in [2.24, 2.45) is 5.84 Å². The van der Waals surface area contributed by atoms with Crippen molar-refractivity contribution in [1.29, 1.82) is 0 Å². The number of benzene rings is 2. The summed E-state index contributed by atoms with van der Waals surface area (Å²) >= 11 is 5.77. The van der Waals surface area contributed by atoms with Gasteiger partial charge in [0.15, 0.2) is 0 Å². The van der Waals surface area contributed by atoms with Crippen LogP contribution in [0.2, 0.25) is 5.02 Å². The number of carbonyl (C=O) groups is 1. The fourth-order valence-corrected chi connectivity index (χ4v) is 1.68. The minimum Gasteiger partial charge on any atom is -0.267 e. The Hall–Kier alpha value is -1.55. The van der Waals surface area contributed by atoms with Gasteiger partial charge in [0, 0.05) is 10.6 Å². The Labute approximate surface area is 123 Å². The SMILES string of the molecule is Cc1ccc(N(N)C(=O)c2ccc(Cl)cc2)cc1.Cl. The maximum absolute atomic E-state index is 12.1. The highest BCUT2D eigenvalue weighted by Crippen LogP contribution is 2.16. The highest BCUT2D eigenvalue weighted by Gasteiger charge is 2.13. The molecule has 0 aliphatic carbocycles. The molecule has 0 aliphatic heterocycles. The molecule has 2 aromatic carbocycles. The molecule has 0 aromatic heterocycles. The second kappa shape index (κ2) is 6.57. The Morgan fingerprint density at radius 2 is 1.58 bits per heavy atom. The van der Waals surface area contributed by atoms with Crippen LogP contribution in [0.4, 0.5) is 5.69 Å². The summed E-state index contributed by atoms with van der Waals surface area (Å²) in [6, 6.07) is 14.1. The monoisotopic (exact) mass is 296 g/mol. The minimum absolute atomic E-state index is 0. The molecule has 19 heavy (non-hydrogen) atoms. The van der Waals surface area contributed by atoms with Gasteiger partial charge in [-0.1, -0.05) is 29.3 Å². The van der Waals surface area contributed by atoms with E-state index in [0.29, 0.717) is 16.3 Å². The third-order valence-corrected chi connectivity index (χ3v) is 2.87. The predicted octanol–water partition coefficient (Wildman–Crippen LogP) is 3.59. The van der Waals surface area contributed by atoms with Crippen molar-refractivity contribution < 1.29 is 4.79 Å². The zero-order valence-electron chi connectivity index (χ0n) is 10.3. The summed E-state index contributed by atoms with van der Waals surface area (Å²) in [7, 11) is 0. The number of anilines is 1. The van der Waals surface area contributed by atoms with Crippen molar-refractivity contribution in [1.82, 2.24) is 0 Å². The molecule has 0 bridgehead atoms. The molecule has 1 amide bonds. The number of hydrogen-bond donors (Lipinski definition) is 1. The molecule has 0 saturated heterocycles. The lowest BCUT2D eigenvalue weighted by molar-refractivity contribution is 0.0987. The van der Waals surface area contributed by atoms with E-state index in [-0.39, 0.29) is 18.3 Å². The summed E-state index contributed by atoms with van der Waals surface area (Å²) in [5, 5.41) is 1.72. The van der Waals surface area contributed by atoms with E-state index in [2.05, 4.69) is 0 Å². The highest BCUT2D eigenvalue weighted by atomic mass is 35.5. The van der Waals surface area contributed by atoms with Gasteiger partial charge in [-0.25, -0.2) is 10.9 Å². The van der Waals surface area contributed by atoms with Crippen molar-refractivity contribution in [2.45, 2.75) is 6.92 Å². The van der Waals surface area contributed by atoms with Gasteiger partial charge in [-0.3, -0.25) is 4.79 Å². The lowest BCUT2D eigenvalue weighted by Crippen LogP contribution is -2.37. The lowest BCUT2D eigenvalue weighted by atomic mass is 10.2. The van der Waals surface area contributed by atoms with Gasteiger partial charge in [0.05, 0.1) is 5.69 Å². The number of hydrazine groups is 1. The molecule has 0 heterocycles. The number of carbonyl (C=O) groups excluding carboxylic acids is 1. The summed E-state index contributed by atoms with van der Waals surface area (Å²) in [6.45, 7) is 1.98. The first kappa shape index (κ1) is 15.5. The van der Waals surface area contributed by atoms with Crippen molar-refractivity contribution in [3.05, 3.63) is 64.7 Å². The molecule has 2 aromatic rings. The number of aryl methyl sites for hydroxylation is 1. The van der Waals surface area contributed by atoms with E-state index in [0.717, 1.165) is 10.6 Å². The van der Waals surface area contributed by atoms with Gasteiger partial charge in [-0.15, -0.1) is 12.4 Å². The molecule has 0 fully saturated rings. The lowest BCUT2D eigenvalue weighted by Gasteiger charge is -2.16. The molecule has 5 heteroatoms. The first-order valence-corrected chi connectivity index (χ1v) is 5.87. The van der Waals surface area contributed by atoms with E-state index >= 15 is 0 Å². The van der Waals surface area contributed by atoms with E-state index in [4.69, 9.17) is 17.4 Å². The molecule has 0 aliphatic rings. The van der Waals surface area contributed by atoms with Crippen LogP contribution in [-0.2, 0) is 0 Å². The number of amides is 1. The summed E-state index contributed by atoms with van der Waals surface area (Å²) < 4.78 is 0. The van der Waals surface area contributed by atoms with Crippen molar-refractivity contribution in [3.63, 3.8) is 0 Å². The van der Waals surface area contributed by atoms with Crippen LogP contribution in [0, 0.1) is 6.92 Å². The summed E-state index contributed by atoms with van der Waals surface area (Å²) in [5.41, 5.74) is 2.27. The molecule has 0 radical (unpaired) electrons. The summed E-state index contributed by atoms with van der Waals surface area (Å²) in [5.74, 6) is 5.54. The quantitative estimate of drug-likeness (QED) is 0.523. The number of halogens is 2. The van der Waals surface area contributed by atoms with Gasteiger partial charge in [0.1, 0.15) is 0 Å². The Bertz CT molecular complexity index is 553. The molecule has 3 nitrogen and oxygen atoms in total. The fraction of sp³-hybridized carbons (Fsp3) is 0.0714. The first-order valence-electron chi connectivity index (χ1n) is 5.49. The zero-order chi connectivity index (χ0) is 13.1. The average molecular weight is 297 g/mol. The van der Waals surface area contributed by atoms with Crippen LogP contribution >= 0.6 is 24.0 Å². The van der Waals surface area contributed by atoms with Gasteiger partial charge in [0.25, 0.3) is 5.91 Å². The molecular weight excluding hydrogens is 283 g/mol. The normalized spacial score (nSPS) is 9.63. The third-order valence-electron chi connectivity index (χ3n) is 2.62. The van der Waals surface area contributed by atoms with Crippen molar-refractivity contribution in [2.75, 3.05) is 5.01 Å². The van der Waals surface area contributed by atoms with E-state index in [1.54, 1.807) is 24.3 Å². The first-order chi connectivity index (χ1) is 8.58. The van der Waals surface area contributed by atoms with E-state index < -0.39 is 0 Å². The number of nitrogens with two attached hydrogens (primary N) is 1. The molecule has 100 valence electrons. The fourth-order valence-electron chi connectivity index (χ4n) is 1.55. The second-order valence-electron chi connectivity index (χ2n) is 4.02. The molecule has 2 N–H and O–H groups in total. The molecule has 0 unspecified atom stereocenters. The number of rotatable bonds is 2. The Morgan fingerprint density at radius 1 is 1.05 bits per heavy atom. The van der Waals surface area contributed by atoms with E-state index in [9.17, 15) is 4.79 Å². The Kier molecular flexibility index (Phi) is 5.36. The molecule has 2 rings (SSSR count). The molecule has 0 atom stereocenters.